The van der Waals surface area contributed by atoms with Gasteiger partial charge in [0.2, 0.25) is 0 Å². The van der Waals surface area contributed by atoms with Crippen molar-refractivity contribution in [3.8, 4) is 0 Å². The summed E-state index contributed by atoms with van der Waals surface area (Å²) in [5.74, 6) is -0.0738. The van der Waals surface area contributed by atoms with Crippen LogP contribution in [0, 0.1) is 0 Å². The number of rotatable bonds is 7. The van der Waals surface area contributed by atoms with Crippen LogP contribution in [0.3, 0.4) is 0 Å². The second-order valence-corrected chi connectivity index (χ2v) is 6.75. The Hall–Kier alpha value is -1.52. The molecule has 0 spiro atoms. The number of hydrogen-bond acceptors (Lipinski definition) is 3. The number of carbonyl (C=O) groups excluding carboxylic acids is 3. The molecule has 1 aromatic rings. The zero-order valence-electron chi connectivity index (χ0n) is 13.5. The Morgan fingerprint density at radius 3 is 2.70 bits per heavy atom. The Morgan fingerprint density at radius 2 is 2.09 bits per heavy atom. The highest BCUT2D eigenvalue weighted by atomic mass is 35.5. The van der Waals surface area contributed by atoms with Crippen LogP contribution in [0.4, 0.5) is 0 Å². The fraction of sp³-hybridized carbons (Fsp3) is 0.500. The van der Waals surface area contributed by atoms with E-state index in [1.165, 1.54) is 0 Å². The van der Waals surface area contributed by atoms with Crippen LogP contribution in [0.2, 0.25) is 5.02 Å². The first-order valence-electron chi connectivity index (χ1n) is 8.11. The summed E-state index contributed by atoms with van der Waals surface area (Å²) in [6.45, 7) is 2.50. The van der Waals surface area contributed by atoms with Gasteiger partial charge in [-0.1, -0.05) is 23.7 Å². The number of halogens is 1. The van der Waals surface area contributed by atoms with Crippen molar-refractivity contribution in [3.05, 3.63) is 34.9 Å². The highest BCUT2D eigenvalue weighted by molar-refractivity contribution is 6.30. The van der Waals surface area contributed by atoms with Crippen LogP contribution < -0.4 is 0 Å². The van der Waals surface area contributed by atoms with E-state index in [1.807, 2.05) is 25.1 Å². The van der Waals surface area contributed by atoms with Crippen LogP contribution in [0.15, 0.2) is 24.3 Å². The highest BCUT2D eigenvalue weighted by Crippen LogP contribution is 2.26. The van der Waals surface area contributed by atoms with Gasteiger partial charge in [-0.05, 0) is 31.0 Å². The lowest BCUT2D eigenvalue weighted by atomic mass is 10.0. The summed E-state index contributed by atoms with van der Waals surface area (Å²) in [6, 6.07) is 7.46. The summed E-state index contributed by atoms with van der Waals surface area (Å²) in [5, 5.41) is 0.658. The Morgan fingerprint density at radius 1 is 1.30 bits per heavy atom. The van der Waals surface area contributed by atoms with E-state index in [-0.39, 0.29) is 35.1 Å². The van der Waals surface area contributed by atoms with Gasteiger partial charge in [0, 0.05) is 30.7 Å². The van der Waals surface area contributed by atoms with E-state index in [0.717, 1.165) is 24.8 Å². The molecule has 1 aromatic carbocycles. The van der Waals surface area contributed by atoms with E-state index < -0.39 is 0 Å². The third kappa shape index (κ3) is 4.27. The van der Waals surface area contributed by atoms with Gasteiger partial charge in [0.25, 0.3) is 0 Å². The second kappa shape index (κ2) is 7.84. The fourth-order valence-electron chi connectivity index (χ4n) is 3.24. The minimum Gasteiger partial charge on any atom is -0.300 e. The van der Waals surface area contributed by atoms with Crippen LogP contribution in [0.25, 0.3) is 0 Å². The first kappa shape index (κ1) is 17.8. The lowest BCUT2D eigenvalue weighted by molar-refractivity contribution is -0.780. The Labute approximate surface area is 142 Å². The summed E-state index contributed by atoms with van der Waals surface area (Å²) in [6.07, 6.45) is 3.90. The minimum atomic E-state index is -0.124. The van der Waals surface area contributed by atoms with E-state index in [2.05, 4.69) is 0 Å². The van der Waals surface area contributed by atoms with Crippen molar-refractivity contribution in [2.24, 2.45) is 0 Å². The molecule has 1 heterocycles. The maximum absolute atomic E-state index is 12.4. The van der Waals surface area contributed by atoms with E-state index in [0.29, 0.717) is 24.4 Å². The summed E-state index contributed by atoms with van der Waals surface area (Å²) in [5.41, 5.74) is 1.02. The standard InChI is InChI=1S/C18H23ClNO3/c1-14-4-3-11-20(14,13-21)18(23)10-9-17(22)8-7-15-5-2-6-16(19)12-15/h2,5-6,12-14H,3-4,7-11H2,1H3/q+1/t14-,20?/m1/s1. The first-order valence-corrected chi connectivity index (χ1v) is 8.49. The largest absolute Gasteiger partial charge is 0.321 e. The lowest BCUT2D eigenvalue weighted by Gasteiger charge is -2.28. The topological polar surface area (TPSA) is 51.2 Å². The molecule has 2 atom stereocenters. The quantitative estimate of drug-likeness (QED) is 0.567. The van der Waals surface area contributed by atoms with Gasteiger partial charge in [0.05, 0.1) is 13.0 Å². The molecular formula is C18H23ClNO3+. The zero-order chi connectivity index (χ0) is 16.9. The molecule has 4 nitrogen and oxygen atoms in total. The smallest absolute Gasteiger partial charge is 0.300 e. The molecule has 2 rings (SSSR count). The van der Waals surface area contributed by atoms with E-state index in [9.17, 15) is 14.4 Å². The van der Waals surface area contributed by atoms with Crippen molar-refractivity contribution in [3.63, 3.8) is 0 Å². The molecule has 1 fully saturated rings. The number of carbonyl (C=O) groups is 3. The average Bonchev–Trinajstić information content (AvgIpc) is 2.92. The van der Waals surface area contributed by atoms with Gasteiger partial charge in [-0.25, -0.2) is 9.59 Å². The van der Waals surface area contributed by atoms with Crippen LogP contribution in [-0.2, 0) is 20.8 Å². The van der Waals surface area contributed by atoms with Crippen molar-refractivity contribution in [1.82, 2.24) is 0 Å². The summed E-state index contributed by atoms with van der Waals surface area (Å²) in [4.78, 5) is 35.8. The molecule has 0 saturated carbocycles. The van der Waals surface area contributed by atoms with Gasteiger partial charge < -0.3 is 0 Å². The molecule has 0 bridgehead atoms. The Kier molecular flexibility index (Phi) is 6.08. The number of amides is 2. The van der Waals surface area contributed by atoms with Gasteiger partial charge in [-0.2, -0.15) is 4.48 Å². The van der Waals surface area contributed by atoms with Gasteiger partial charge in [-0.15, -0.1) is 0 Å². The van der Waals surface area contributed by atoms with Crippen molar-refractivity contribution in [1.29, 1.82) is 0 Å². The Bertz CT molecular complexity index is 602. The number of imide groups is 1. The maximum atomic E-state index is 12.4. The van der Waals surface area contributed by atoms with Crippen molar-refractivity contribution >= 4 is 29.7 Å². The third-order valence-corrected chi connectivity index (χ3v) is 5.02. The molecule has 1 aliphatic rings. The summed E-state index contributed by atoms with van der Waals surface area (Å²) in [7, 11) is 0. The molecule has 5 heteroatoms. The molecule has 2 amide bonds. The van der Waals surface area contributed by atoms with Gasteiger partial charge in [0.1, 0.15) is 11.8 Å². The predicted octanol–water partition coefficient (Wildman–Crippen LogP) is 3.30. The molecule has 124 valence electrons. The Balaban J connectivity index is 1.82. The van der Waals surface area contributed by atoms with E-state index in [4.69, 9.17) is 11.6 Å². The van der Waals surface area contributed by atoms with Crippen molar-refractivity contribution in [2.45, 2.75) is 51.5 Å². The lowest BCUT2D eigenvalue weighted by Crippen LogP contribution is -2.53. The van der Waals surface area contributed by atoms with Gasteiger partial charge >= 0.3 is 12.3 Å². The zero-order valence-corrected chi connectivity index (χ0v) is 14.2. The number of nitrogens with zero attached hydrogens (tertiary/aromatic N) is 1. The number of likely N-dealkylation sites (tertiary alicyclic amines) is 1. The molecule has 0 N–H and O–H groups in total. The molecule has 23 heavy (non-hydrogen) atoms. The molecule has 1 aliphatic heterocycles. The second-order valence-electron chi connectivity index (χ2n) is 6.31. The number of quaternary nitrogens is 1. The SMILES string of the molecule is C[C@@H]1CCC[N+]1(C=O)C(=O)CCC(=O)CCc1cccc(Cl)c1. The van der Waals surface area contributed by atoms with Crippen LogP contribution >= 0.6 is 11.6 Å². The number of aryl methyl sites for hydroxylation is 1. The summed E-state index contributed by atoms with van der Waals surface area (Å²) >= 11 is 5.92. The number of ketones is 1. The van der Waals surface area contributed by atoms with Crippen molar-refractivity contribution < 1.29 is 18.9 Å². The fourth-order valence-corrected chi connectivity index (χ4v) is 3.45. The van der Waals surface area contributed by atoms with Crippen LogP contribution in [-0.4, -0.2) is 35.2 Å². The first-order chi connectivity index (χ1) is 11.0. The molecule has 1 unspecified atom stereocenters. The number of hydrogen-bond donors (Lipinski definition) is 0. The monoisotopic (exact) mass is 336 g/mol. The minimum absolute atomic E-state index is 0.0292. The van der Waals surface area contributed by atoms with Gasteiger partial charge in [0.15, 0.2) is 0 Å². The van der Waals surface area contributed by atoms with Crippen molar-refractivity contribution in [2.75, 3.05) is 6.54 Å². The van der Waals surface area contributed by atoms with E-state index >= 15 is 0 Å². The molecule has 1 saturated heterocycles. The van der Waals surface area contributed by atoms with Crippen LogP contribution in [0.5, 0.6) is 0 Å². The molecule has 0 aliphatic carbocycles. The average molecular weight is 337 g/mol. The number of benzene rings is 1. The van der Waals surface area contributed by atoms with Crippen LogP contribution in [0.1, 0.15) is 44.6 Å². The highest BCUT2D eigenvalue weighted by Gasteiger charge is 2.45. The normalized spacial score (nSPS) is 23.7. The third-order valence-electron chi connectivity index (χ3n) is 4.79. The van der Waals surface area contributed by atoms with Gasteiger partial charge in [-0.3, -0.25) is 4.79 Å². The number of Topliss-reactive ketones (excluding diaryl/α,β-unsaturated/α-hetero) is 1. The van der Waals surface area contributed by atoms with E-state index in [1.54, 1.807) is 6.07 Å². The molecule has 0 radical (unpaired) electrons. The molecular weight excluding hydrogens is 314 g/mol. The summed E-state index contributed by atoms with van der Waals surface area (Å²) < 4.78 is -0.110. The predicted molar refractivity (Wildman–Crippen MR) is 88.9 cm³/mol. The molecule has 0 aromatic heterocycles. The maximum Gasteiger partial charge on any atom is 0.321 e.